The number of nitrogens with zero attached hydrogens (tertiary/aromatic N) is 2. The zero-order valence-electron chi connectivity index (χ0n) is 41.0. The number of hydrogen-bond donors (Lipinski definition) is 0. The van der Waals surface area contributed by atoms with Crippen molar-refractivity contribution in [3.63, 3.8) is 0 Å². The van der Waals surface area contributed by atoms with E-state index in [0.717, 1.165) is 39.4 Å². The summed E-state index contributed by atoms with van der Waals surface area (Å²) >= 11 is 0. The van der Waals surface area contributed by atoms with E-state index in [0.29, 0.717) is 0 Å². The third kappa shape index (κ3) is 6.80. The van der Waals surface area contributed by atoms with Crippen LogP contribution in [0.15, 0.2) is 285 Å². The first-order chi connectivity index (χ1) is 36.6. The Hall–Kier alpha value is -9.50. The van der Waals surface area contributed by atoms with Crippen molar-refractivity contribution in [1.82, 2.24) is 4.57 Å². The number of para-hydroxylation sites is 5. The summed E-state index contributed by atoms with van der Waals surface area (Å²) in [5, 5.41) is 4.90. The number of fused-ring (bicyclic) bond motifs is 7. The van der Waals surface area contributed by atoms with Gasteiger partial charge in [0.2, 0.25) is 0 Å². The van der Waals surface area contributed by atoms with Crippen LogP contribution in [0, 0.1) is 0 Å². The van der Waals surface area contributed by atoms with Crippen LogP contribution in [0.2, 0.25) is 0 Å². The lowest BCUT2D eigenvalue weighted by atomic mass is 9.74. The number of rotatable bonds is 9. The van der Waals surface area contributed by atoms with Crippen LogP contribution in [0.4, 0.5) is 17.1 Å². The number of aromatic nitrogens is 1. The van der Waals surface area contributed by atoms with E-state index in [4.69, 9.17) is 0 Å². The monoisotopic (exact) mass is 942 g/mol. The molecule has 0 bridgehead atoms. The molecule has 1 heterocycles. The number of anilines is 3. The predicted octanol–water partition coefficient (Wildman–Crippen LogP) is 19.4. The van der Waals surface area contributed by atoms with Crippen molar-refractivity contribution in [3.05, 3.63) is 302 Å². The van der Waals surface area contributed by atoms with Crippen molar-refractivity contribution >= 4 is 49.6 Å². The van der Waals surface area contributed by atoms with Gasteiger partial charge in [-0.15, -0.1) is 0 Å². The van der Waals surface area contributed by atoms with Gasteiger partial charge in [-0.1, -0.05) is 243 Å². The molecule has 13 aromatic rings. The lowest BCUT2D eigenvalue weighted by Crippen LogP contribution is -2.22. The molecule has 0 amide bonds. The first-order valence-electron chi connectivity index (χ1n) is 25.7. The molecule has 14 rings (SSSR count). The maximum atomic E-state index is 2.53. The van der Waals surface area contributed by atoms with Crippen molar-refractivity contribution in [1.29, 1.82) is 0 Å². The first-order valence-corrected chi connectivity index (χ1v) is 25.7. The summed E-state index contributed by atoms with van der Waals surface area (Å²) in [5.41, 5.74) is 22.3. The van der Waals surface area contributed by atoms with E-state index in [9.17, 15) is 0 Å². The van der Waals surface area contributed by atoms with Crippen LogP contribution >= 0.6 is 0 Å². The number of benzene rings is 12. The number of hydrogen-bond acceptors (Lipinski definition) is 1. The smallest absolute Gasteiger partial charge is 0.0619 e. The fourth-order valence-electron chi connectivity index (χ4n) is 12.4. The van der Waals surface area contributed by atoms with Gasteiger partial charge in [0.1, 0.15) is 0 Å². The second kappa shape index (κ2) is 17.7. The topological polar surface area (TPSA) is 8.17 Å². The molecule has 0 saturated heterocycles. The van der Waals surface area contributed by atoms with Crippen molar-refractivity contribution in [3.8, 4) is 61.3 Å². The zero-order valence-corrected chi connectivity index (χ0v) is 41.0. The van der Waals surface area contributed by atoms with Gasteiger partial charge >= 0.3 is 0 Å². The maximum Gasteiger partial charge on any atom is 0.0619 e. The van der Waals surface area contributed by atoms with E-state index >= 15 is 0 Å². The first kappa shape index (κ1) is 43.3. The highest BCUT2D eigenvalue weighted by Crippen LogP contribution is 2.57. The summed E-state index contributed by atoms with van der Waals surface area (Å²) in [6, 6.07) is 105. The van der Waals surface area contributed by atoms with Gasteiger partial charge in [0.05, 0.1) is 22.4 Å². The van der Waals surface area contributed by atoms with Crippen LogP contribution in [0.25, 0.3) is 93.9 Å². The molecule has 0 N–H and O–H groups in total. The van der Waals surface area contributed by atoms with Crippen LogP contribution in [-0.4, -0.2) is 4.57 Å². The zero-order chi connectivity index (χ0) is 49.2. The summed E-state index contributed by atoms with van der Waals surface area (Å²) < 4.78 is 2.44. The Morgan fingerprint density at radius 1 is 0.351 bits per heavy atom. The van der Waals surface area contributed by atoms with Crippen LogP contribution in [0.5, 0.6) is 0 Å². The molecule has 12 aromatic carbocycles. The molecule has 348 valence electrons. The van der Waals surface area contributed by atoms with E-state index < -0.39 is 0 Å². The summed E-state index contributed by atoms with van der Waals surface area (Å²) in [4.78, 5) is 2.53. The summed E-state index contributed by atoms with van der Waals surface area (Å²) in [6.07, 6.45) is 0. The van der Waals surface area contributed by atoms with Crippen molar-refractivity contribution in [2.24, 2.45) is 0 Å². The van der Waals surface area contributed by atoms with E-state index in [1.807, 2.05) is 0 Å². The SMILES string of the molecule is CC1(c2ccccc2)c2ccccc2-c2c(-c3ccccc3N(c3cccc(-c4cccc5c6ccccc6n(-c6ccccc6)c45)c3)c3ccccc3-c3cccc4cccc(-c5ccccc5)c34)cccc21. The predicted molar refractivity (Wildman–Crippen MR) is 312 cm³/mol. The molecule has 0 saturated carbocycles. The standard InChI is InChI=1S/C72H50N2/c1-72(52-29-7-3-8-30-52)64-43-15-11-37-63(64)70-61(41-23-44-65(70)72)58-35-13-17-46-67(58)73(66-45-16-12-34-57(66)60-40-21-27-50-26-20-38-55(69(50)60)49-24-5-2-6-25-49)54-33-19-28-51(48-54)56-39-22-42-62-59-36-14-18-47-68(59)74(71(56)62)53-31-9-4-10-32-53/h2-48H,1H3. The Kier molecular flexibility index (Phi) is 10.3. The largest absolute Gasteiger partial charge is 0.309 e. The molecule has 1 aliphatic rings. The molecular formula is C72H50N2. The Balaban J connectivity index is 1.04. The average molecular weight is 943 g/mol. The molecule has 1 unspecified atom stereocenters. The lowest BCUT2D eigenvalue weighted by molar-refractivity contribution is 0.714. The molecule has 0 fully saturated rings. The van der Waals surface area contributed by atoms with Gasteiger partial charge in [0.15, 0.2) is 0 Å². The molecule has 1 aromatic heterocycles. The lowest BCUT2D eigenvalue weighted by Gasteiger charge is -2.31. The molecular weight excluding hydrogens is 893 g/mol. The van der Waals surface area contributed by atoms with Gasteiger partial charge in [-0.25, -0.2) is 0 Å². The molecule has 1 atom stereocenters. The van der Waals surface area contributed by atoms with E-state index in [1.54, 1.807) is 0 Å². The van der Waals surface area contributed by atoms with Gasteiger partial charge in [-0.05, 0) is 116 Å². The van der Waals surface area contributed by atoms with Gasteiger partial charge in [0, 0.05) is 44.3 Å². The van der Waals surface area contributed by atoms with Crippen LogP contribution < -0.4 is 4.90 Å². The van der Waals surface area contributed by atoms with Gasteiger partial charge in [-0.3, -0.25) is 0 Å². The maximum absolute atomic E-state index is 2.53. The average Bonchev–Trinajstić information content (AvgIpc) is 3.97. The van der Waals surface area contributed by atoms with Crippen molar-refractivity contribution in [2.75, 3.05) is 4.90 Å². The molecule has 1 aliphatic carbocycles. The Bertz CT molecular complexity index is 4260. The minimum absolute atomic E-state index is 0.340. The third-order valence-corrected chi connectivity index (χ3v) is 15.7. The Labute approximate surface area is 432 Å². The second-order valence-corrected chi connectivity index (χ2v) is 19.6. The van der Waals surface area contributed by atoms with Crippen LogP contribution in [0.1, 0.15) is 23.6 Å². The van der Waals surface area contributed by atoms with Crippen molar-refractivity contribution in [2.45, 2.75) is 12.3 Å². The normalized spacial score (nSPS) is 13.8. The molecule has 0 radical (unpaired) electrons. The van der Waals surface area contributed by atoms with Gasteiger partial charge in [0.25, 0.3) is 0 Å². The highest BCUT2D eigenvalue weighted by molar-refractivity contribution is 6.14. The third-order valence-electron chi connectivity index (χ3n) is 15.7. The minimum atomic E-state index is -0.340. The second-order valence-electron chi connectivity index (χ2n) is 19.6. The summed E-state index contributed by atoms with van der Waals surface area (Å²) in [6.45, 7) is 2.41. The molecule has 0 spiro atoms. The van der Waals surface area contributed by atoms with Gasteiger partial charge in [-0.2, -0.15) is 0 Å². The van der Waals surface area contributed by atoms with E-state index in [2.05, 4.69) is 302 Å². The fourth-order valence-corrected chi connectivity index (χ4v) is 12.4. The fraction of sp³-hybridized carbons (Fsp3) is 0.0278. The molecule has 2 heteroatoms. The Morgan fingerprint density at radius 3 is 1.64 bits per heavy atom. The van der Waals surface area contributed by atoms with Crippen LogP contribution in [-0.2, 0) is 5.41 Å². The molecule has 74 heavy (non-hydrogen) atoms. The quantitative estimate of drug-likeness (QED) is 0.140. The highest BCUT2D eigenvalue weighted by Gasteiger charge is 2.42. The molecule has 0 aliphatic heterocycles. The van der Waals surface area contributed by atoms with Crippen molar-refractivity contribution < 1.29 is 0 Å². The van der Waals surface area contributed by atoms with Gasteiger partial charge < -0.3 is 9.47 Å². The highest BCUT2D eigenvalue weighted by atomic mass is 15.1. The van der Waals surface area contributed by atoms with Crippen LogP contribution in [0.3, 0.4) is 0 Å². The van der Waals surface area contributed by atoms with E-state index in [1.165, 1.54) is 88.2 Å². The summed E-state index contributed by atoms with van der Waals surface area (Å²) in [7, 11) is 0. The Morgan fingerprint density at radius 2 is 0.865 bits per heavy atom. The minimum Gasteiger partial charge on any atom is -0.309 e. The van der Waals surface area contributed by atoms with E-state index in [-0.39, 0.29) is 5.41 Å². The summed E-state index contributed by atoms with van der Waals surface area (Å²) in [5.74, 6) is 0. The molecule has 2 nitrogen and oxygen atoms in total.